The first kappa shape index (κ1) is 22.3. The molecule has 1 aromatic heterocycles. The number of aryl methyl sites for hydroxylation is 1. The number of benzene rings is 1. The predicted octanol–water partition coefficient (Wildman–Crippen LogP) is 2.83. The number of hydrogen-bond donors (Lipinski definition) is 2. The van der Waals surface area contributed by atoms with Crippen molar-refractivity contribution in [2.75, 3.05) is 20.2 Å². The number of methoxy groups -OCH3 is 1. The van der Waals surface area contributed by atoms with Gasteiger partial charge in [-0.05, 0) is 36.3 Å². The number of fused-ring (bicyclic) bond motifs is 1. The Morgan fingerprint density at radius 2 is 2.03 bits per heavy atom. The van der Waals surface area contributed by atoms with Gasteiger partial charge < -0.3 is 15.4 Å². The zero-order valence-corrected chi connectivity index (χ0v) is 19.0. The molecule has 0 saturated carbocycles. The Balaban J connectivity index is 1.55. The van der Waals surface area contributed by atoms with Gasteiger partial charge in [0.25, 0.3) is 0 Å². The Labute approximate surface area is 180 Å². The van der Waals surface area contributed by atoms with Crippen LogP contribution in [0.25, 0.3) is 0 Å². The van der Waals surface area contributed by atoms with Crippen LogP contribution in [0.1, 0.15) is 56.9 Å². The summed E-state index contributed by atoms with van der Waals surface area (Å²) in [5.74, 6) is 2.67. The van der Waals surface area contributed by atoms with Crippen LogP contribution in [0.3, 0.4) is 0 Å². The molecule has 164 valence electrons. The summed E-state index contributed by atoms with van der Waals surface area (Å²) in [7, 11) is 1.67. The van der Waals surface area contributed by atoms with E-state index in [1.807, 2.05) is 4.68 Å². The number of aliphatic imine (C=N–C) groups is 1. The molecule has 0 amide bonds. The standard InChI is InChI=1S/C23H36N6O/c1-6-24-22(25-14-13-17-7-9-18(10-8-17)23(2,3)4)26-19-11-12-21-27-20(16-30-5)28-29(21)15-19/h7-10,19H,6,11-16H2,1-5H3,(H2,24,25,26). The summed E-state index contributed by atoms with van der Waals surface area (Å²) >= 11 is 0. The fraction of sp³-hybridized carbons (Fsp3) is 0.609. The maximum Gasteiger partial charge on any atom is 0.191 e. The van der Waals surface area contributed by atoms with Gasteiger partial charge in [0.2, 0.25) is 0 Å². The smallest absolute Gasteiger partial charge is 0.191 e. The molecule has 0 aliphatic carbocycles. The zero-order chi connectivity index (χ0) is 21.6. The van der Waals surface area contributed by atoms with Crippen LogP contribution >= 0.6 is 0 Å². The summed E-state index contributed by atoms with van der Waals surface area (Å²) < 4.78 is 7.15. The molecule has 0 spiro atoms. The Bertz CT molecular complexity index is 834. The quantitative estimate of drug-likeness (QED) is 0.540. The SMILES string of the molecule is CCNC(=NCCc1ccc(C(C)(C)C)cc1)NC1CCc2nc(COC)nn2C1. The highest BCUT2D eigenvalue weighted by atomic mass is 16.5. The van der Waals surface area contributed by atoms with Crippen LogP contribution in [0.15, 0.2) is 29.3 Å². The van der Waals surface area contributed by atoms with E-state index < -0.39 is 0 Å². The lowest BCUT2D eigenvalue weighted by molar-refractivity contribution is 0.177. The summed E-state index contributed by atoms with van der Waals surface area (Å²) in [4.78, 5) is 9.34. The molecule has 1 aliphatic heterocycles. The van der Waals surface area contributed by atoms with Gasteiger partial charge in [0.1, 0.15) is 12.4 Å². The number of aromatic nitrogens is 3. The first-order valence-electron chi connectivity index (χ1n) is 10.9. The van der Waals surface area contributed by atoms with Crippen LogP contribution in [0.4, 0.5) is 0 Å². The molecule has 1 atom stereocenters. The third-order valence-corrected chi connectivity index (χ3v) is 5.35. The lowest BCUT2D eigenvalue weighted by Crippen LogP contribution is -2.47. The molecule has 0 radical (unpaired) electrons. The minimum absolute atomic E-state index is 0.188. The highest BCUT2D eigenvalue weighted by Crippen LogP contribution is 2.22. The number of guanidine groups is 1. The van der Waals surface area contributed by atoms with Crippen molar-refractivity contribution < 1.29 is 4.74 Å². The number of nitrogens with zero attached hydrogens (tertiary/aromatic N) is 4. The van der Waals surface area contributed by atoms with Crippen molar-refractivity contribution in [3.8, 4) is 0 Å². The summed E-state index contributed by atoms with van der Waals surface area (Å²) in [6, 6.07) is 9.21. The Morgan fingerprint density at radius 1 is 1.27 bits per heavy atom. The summed E-state index contributed by atoms with van der Waals surface area (Å²) in [6.07, 6.45) is 2.86. The molecule has 7 nitrogen and oxygen atoms in total. The summed E-state index contributed by atoms with van der Waals surface area (Å²) in [5.41, 5.74) is 2.87. The maximum absolute atomic E-state index is 5.15. The zero-order valence-electron chi connectivity index (χ0n) is 19.0. The van der Waals surface area contributed by atoms with Gasteiger partial charge in [-0.1, -0.05) is 45.0 Å². The molecule has 2 heterocycles. The molecule has 3 rings (SSSR count). The molecule has 1 unspecified atom stereocenters. The fourth-order valence-electron chi connectivity index (χ4n) is 3.65. The average Bonchev–Trinajstić information content (AvgIpc) is 3.10. The molecule has 0 saturated heterocycles. The Hall–Kier alpha value is -2.41. The van der Waals surface area contributed by atoms with E-state index in [0.29, 0.717) is 12.6 Å². The molecule has 1 aromatic carbocycles. The van der Waals surface area contributed by atoms with Gasteiger partial charge in [-0.15, -0.1) is 0 Å². The first-order chi connectivity index (χ1) is 14.4. The van der Waals surface area contributed by atoms with Crippen molar-refractivity contribution in [1.29, 1.82) is 0 Å². The number of ether oxygens (including phenoxy) is 1. The molecule has 0 bridgehead atoms. The number of hydrogen-bond acceptors (Lipinski definition) is 4. The lowest BCUT2D eigenvalue weighted by atomic mass is 9.86. The van der Waals surface area contributed by atoms with Crippen molar-refractivity contribution in [3.63, 3.8) is 0 Å². The van der Waals surface area contributed by atoms with E-state index in [2.05, 4.69) is 72.7 Å². The maximum atomic E-state index is 5.15. The number of nitrogens with one attached hydrogen (secondary N) is 2. The molecular formula is C23H36N6O. The Kier molecular flexibility index (Phi) is 7.48. The van der Waals surface area contributed by atoms with E-state index in [0.717, 1.165) is 56.5 Å². The first-order valence-corrected chi connectivity index (χ1v) is 10.9. The van der Waals surface area contributed by atoms with E-state index in [9.17, 15) is 0 Å². The van der Waals surface area contributed by atoms with Crippen LogP contribution in [0, 0.1) is 0 Å². The second-order valence-corrected chi connectivity index (χ2v) is 8.90. The van der Waals surface area contributed by atoms with E-state index in [1.54, 1.807) is 7.11 Å². The molecule has 7 heteroatoms. The normalized spacial score (nSPS) is 17.0. The predicted molar refractivity (Wildman–Crippen MR) is 121 cm³/mol. The van der Waals surface area contributed by atoms with Crippen LogP contribution in [-0.2, 0) is 36.1 Å². The highest BCUT2D eigenvalue weighted by Gasteiger charge is 2.22. The van der Waals surface area contributed by atoms with Crippen molar-refractivity contribution >= 4 is 5.96 Å². The molecular weight excluding hydrogens is 376 g/mol. The van der Waals surface area contributed by atoms with E-state index in [4.69, 9.17) is 9.73 Å². The highest BCUT2D eigenvalue weighted by molar-refractivity contribution is 5.80. The van der Waals surface area contributed by atoms with Gasteiger partial charge in [0.05, 0.1) is 6.54 Å². The topological polar surface area (TPSA) is 76.4 Å². The van der Waals surface area contributed by atoms with Crippen molar-refractivity contribution in [2.24, 2.45) is 4.99 Å². The molecule has 2 aromatic rings. The molecule has 1 aliphatic rings. The third kappa shape index (κ3) is 6.05. The van der Waals surface area contributed by atoms with Gasteiger partial charge in [0.15, 0.2) is 11.8 Å². The largest absolute Gasteiger partial charge is 0.377 e. The fourth-order valence-corrected chi connectivity index (χ4v) is 3.65. The summed E-state index contributed by atoms with van der Waals surface area (Å²) in [5, 5.41) is 11.5. The van der Waals surface area contributed by atoms with Crippen molar-refractivity contribution in [2.45, 2.75) is 71.6 Å². The summed E-state index contributed by atoms with van der Waals surface area (Å²) in [6.45, 7) is 11.7. The second kappa shape index (κ2) is 10.1. The minimum atomic E-state index is 0.188. The monoisotopic (exact) mass is 412 g/mol. The van der Waals surface area contributed by atoms with E-state index in [-0.39, 0.29) is 5.41 Å². The van der Waals surface area contributed by atoms with Crippen LogP contribution in [0.5, 0.6) is 0 Å². The Morgan fingerprint density at radius 3 is 2.70 bits per heavy atom. The minimum Gasteiger partial charge on any atom is -0.377 e. The van der Waals surface area contributed by atoms with Crippen molar-refractivity contribution in [3.05, 3.63) is 47.0 Å². The van der Waals surface area contributed by atoms with Crippen LogP contribution in [-0.4, -0.2) is 47.0 Å². The van der Waals surface area contributed by atoms with Gasteiger partial charge >= 0.3 is 0 Å². The third-order valence-electron chi connectivity index (χ3n) is 5.35. The molecule has 2 N–H and O–H groups in total. The van der Waals surface area contributed by atoms with Gasteiger partial charge in [-0.25, -0.2) is 9.67 Å². The van der Waals surface area contributed by atoms with E-state index >= 15 is 0 Å². The molecule has 30 heavy (non-hydrogen) atoms. The average molecular weight is 413 g/mol. The van der Waals surface area contributed by atoms with Crippen LogP contribution < -0.4 is 10.6 Å². The van der Waals surface area contributed by atoms with Gasteiger partial charge in [-0.2, -0.15) is 5.10 Å². The number of rotatable bonds is 7. The lowest BCUT2D eigenvalue weighted by Gasteiger charge is -2.25. The second-order valence-electron chi connectivity index (χ2n) is 8.90. The molecule has 0 fully saturated rings. The van der Waals surface area contributed by atoms with Crippen LogP contribution in [0.2, 0.25) is 0 Å². The van der Waals surface area contributed by atoms with Crippen molar-refractivity contribution in [1.82, 2.24) is 25.4 Å². The van der Waals surface area contributed by atoms with Gasteiger partial charge in [-0.3, -0.25) is 4.99 Å². The van der Waals surface area contributed by atoms with Gasteiger partial charge in [0, 0.05) is 32.7 Å². The van der Waals surface area contributed by atoms with E-state index in [1.165, 1.54) is 11.1 Å².